The summed E-state index contributed by atoms with van der Waals surface area (Å²) in [4.78, 5) is 21.7. The molecule has 0 spiro atoms. The van der Waals surface area contributed by atoms with Gasteiger partial charge in [-0.25, -0.2) is 4.68 Å². The fraction of sp³-hybridized carbons (Fsp3) is 0.467. The monoisotopic (exact) mass is 541 g/mol. The van der Waals surface area contributed by atoms with E-state index in [0.717, 1.165) is 84.9 Å². The van der Waals surface area contributed by atoms with Crippen LogP contribution in [0.25, 0.3) is 10.9 Å². The Hall–Kier alpha value is -3.76. The number of hydrogen-bond donors (Lipinski definition) is 1. The first-order chi connectivity index (χ1) is 19.5. The Morgan fingerprint density at radius 1 is 1.00 bits per heavy atom. The van der Waals surface area contributed by atoms with Crippen molar-refractivity contribution in [1.82, 2.24) is 35.0 Å². The number of rotatable bonds is 6. The minimum Gasteiger partial charge on any atom is -0.454 e. The summed E-state index contributed by atoms with van der Waals surface area (Å²) in [6, 6.07) is 12.4. The number of ether oxygens (including phenoxy) is 2. The van der Waals surface area contributed by atoms with Crippen molar-refractivity contribution in [3.63, 3.8) is 0 Å². The smallest absolute Gasteiger partial charge is 0.253 e. The number of pyridine rings is 1. The van der Waals surface area contributed by atoms with Crippen molar-refractivity contribution in [1.29, 1.82) is 0 Å². The summed E-state index contributed by atoms with van der Waals surface area (Å²) in [6.45, 7) is 8.61. The molecule has 1 unspecified atom stereocenters. The van der Waals surface area contributed by atoms with Crippen molar-refractivity contribution in [2.24, 2.45) is 0 Å². The third-order valence-electron chi connectivity index (χ3n) is 8.92. The fourth-order valence-corrected chi connectivity index (χ4v) is 6.51. The topological polar surface area (TPSA) is 101 Å². The number of tetrazole rings is 1. The number of benzene rings is 2. The van der Waals surface area contributed by atoms with E-state index in [2.05, 4.69) is 74.5 Å². The van der Waals surface area contributed by atoms with Gasteiger partial charge in [-0.3, -0.25) is 14.6 Å². The Balaban J connectivity index is 1.20. The van der Waals surface area contributed by atoms with Gasteiger partial charge in [-0.1, -0.05) is 31.0 Å². The zero-order valence-electron chi connectivity index (χ0n) is 23.1. The van der Waals surface area contributed by atoms with Crippen LogP contribution >= 0.6 is 0 Å². The summed E-state index contributed by atoms with van der Waals surface area (Å²) in [5.41, 5.74) is 5.00. The lowest BCUT2D eigenvalue weighted by Gasteiger charge is -2.39. The molecule has 208 valence electrons. The van der Waals surface area contributed by atoms with Crippen LogP contribution < -0.4 is 15.0 Å². The summed E-state index contributed by atoms with van der Waals surface area (Å²) >= 11 is 0. The number of nitrogens with one attached hydrogen (secondary N) is 1. The standard InChI is InChI=1S/C30H35N7O3/c1-19-7-9-22-16-24(30(38)31-27(22)20(19)2)28(29-32-33-34-37(29)23-5-3-4-6-23)36-13-11-35(12-14-36)17-21-8-10-25-26(15-21)40-18-39-25/h7-10,15-16,23,28H,3-6,11-14,17-18H2,1-2H3,(H,31,38). The number of fused-ring (bicyclic) bond motifs is 2. The number of piperazine rings is 1. The van der Waals surface area contributed by atoms with Gasteiger partial charge >= 0.3 is 0 Å². The molecule has 40 heavy (non-hydrogen) atoms. The molecule has 10 heteroatoms. The number of nitrogens with zero attached hydrogens (tertiary/aromatic N) is 6. The van der Waals surface area contributed by atoms with Gasteiger partial charge in [0.1, 0.15) is 6.04 Å². The molecule has 1 atom stereocenters. The first kappa shape index (κ1) is 25.2. The van der Waals surface area contributed by atoms with Crippen LogP contribution in [0.4, 0.5) is 0 Å². The van der Waals surface area contributed by atoms with Crippen molar-refractivity contribution in [3.8, 4) is 11.5 Å². The van der Waals surface area contributed by atoms with Crippen LogP contribution in [-0.4, -0.2) is 68.0 Å². The van der Waals surface area contributed by atoms with Gasteiger partial charge < -0.3 is 14.5 Å². The Morgan fingerprint density at radius 2 is 1.80 bits per heavy atom. The molecule has 1 saturated heterocycles. The molecule has 0 bridgehead atoms. The van der Waals surface area contributed by atoms with Gasteiger partial charge in [0.05, 0.1) is 11.6 Å². The molecule has 2 fully saturated rings. The maximum Gasteiger partial charge on any atom is 0.253 e. The third kappa shape index (κ3) is 4.54. The van der Waals surface area contributed by atoms with Crippen LogP contribution in [0.15, 0.2) is 41.2 Å². The van der Waals surface area contributed by atoms with E-state index in [4.69, 9.17) is 9.47 Å². The van der Waals surface area contributed by atoms with E-state index in [1.165, 1.54) is 18.4 Å². The molecule has 2 aromatic heterocycles. The second kappa shape index (κ2) is 10.3. The summed E-state index contributed by atoms with van der Waals surface area (Å²) in [5.74, 6) is 2.39. The number of aryl methyl sites for hydroxylation is 2. The summed E-state index contributed by atoms with van der Waals surface area (Å²) < 4.78 is 13.0. The van der Waals surface area contributed by atoms with Gasteiger partial charge in [0.2, 0.25) is 6.79 Å². The van der Waals surface area contributed by atoms with Gasteiger partial charge in [0.25, 0.3) is 5.56 Å². The lowest BCUT2D eigenvalue weighted by molar-refractivity contribution is 0.0988. The second-order valence-electron chi connectivity index (χ2n) is 11.3. The van der Waals surface area contributed by atoms with Crippen molar-refractivity contribution < 1.29 is 9.47 Å². The van der Waals surface area contributed by atoms with Crippen molar-refractivity contribution >= 4 is 10.9 Å². The molecule has 0 radical (unpaired) electrons. The molecule has 1 aliphatic carbocycles. The number of aromatic amines is 1. The summed E-state index contributed by atoms with van der Waals surface area (Å²) in [6.07, 6.45) is 4.51. The van der Waals surface area contributed by atoms with E-state index in [1.807, 2.05) is 10.7 Å². The second-order valence-corrected chi connectivity index (χ2v) is 11.3. The Kier molecular flexibility index (Phi) is 6.51. The van der Waals surface area contributed by atoms with E-state index < -0.39 is 0 Å². The summed E-state index contributed by atoms with van der Waals surface area (Å²) in [7, 11) is 0. The minimum atomic E-state index is -0.321. The third-order valence-corrected chi connectivity index (χ3v) is 8.92. The highest BCUT2D eigenvalue weighted by molar-refractivity contribution is 5.83. The maximum atomic E-state index is 13.7. The van der Waals surface area contributed by atoms with E-state index in [1.54, 1.807) is 0 Å². The zero-order chi connectivity index (χ0) is 27.2. The van der Waals surface area contributed by atoms with Gasteiger partial charge in [-0.05, 0) is 77.4 Å². The predicted octanol–water partition coefficient (Wildman–Crippen LogP) is 3.88. The van der Waals surface area contributed by atoms with E-state index >= 15 is 0 Å². The van der Waals surface area contributed by atoms with Gasteiger partial charge in [-0.2, -0.15) is 0 Å². The molecule has 1 N–H and O–H groups in total. The van der Waals surface area contributed by atoms with Crippen LogP contribution in [0, 0.1) is 13.8 Å². The minimum absolute atomic E-state index is 0.0741. The van der Waals surface area contributed by atoms with Crippen LogP contribution in [-0.2, 0) is 6.54 Å². The maximum absolute atomic E-state index is 13.7. The first-order valence-corrected chi connectivity index (χ1v) is 14.3. The highest BCUT2D eigenvalue weighted by atomic mass is 16.7. The quantitative estimate of drug-likeness (QED) is 0.393. The SMILES string of the molecule is Cc1ccc2cc(C(c3nnnn3C3CCCC3)N3CCN(Cc4ccc5c(c4)OCO5)CC3)c(=O)[nH]c2c1C. The molecular weight excluding hydrogens is 506 g/mol. The molecular formula is C30H35N7O3. The Morgan fingerprint density at radius 3 is 2.62 bits per heavy atom. The zero-order valence-corrected chi connectivity index (χ0v) is 23.1. The largest absolute Gasteiger partial charge is 0.454 e. The van der Waals surface area contributed by atoms with Gasteiger partial charge in [0.15, 0.2) is 17.3 Å². The van der Waals surface area contributed by atoms with E-state index in [9.17, 15) is 4.79 Å². The predicted molar refractivity (Wildman–Crippen MR) is 151 cm³/mol. The molecule has 3 aliphatic rings. The molecule has 2 aromatic carbocycles. The highest BCUT2D eigenvalue weighted by Gasteiger charge is 2.35. The highest BCUT2D eigenvalue weighted by Crippen LogP contribution is 2.35. The Bertz CT molecular complexity index is 1600. The fourth-order valence-electron chi connectivity index (χ4n) is 6.51. The first-order valence-electron chi connectivity index (χ1n) is 14.3. The molecule has 10 nitrogen and oxygen atoms in total. The molecule has 4 aromatic rings. The van der Waals surface area contributed by atoms with Crippen molar-refractivity contribution in [2.45, 2.75) is 58.2 Å². The number of H-pyrrole nitrogens is 1. The lowest BCUT2D eigenvalue weighted by Crippen LogP contribution is -2.48. The molecule has 7 rings (SSSR count). The molecule has 0 amide bonds. The van der Waals surface area contributed by atoms with Crippen molar-refractivity contribution in [3.05, 3.63) is 74.8 Å². The normalized spacial score (nSPS) is 19.1. The number of hydrogen-bond acceptors (Lipinski definition) is 8. The molecule has 4 heterocycles. The number of aromatic nitrogens is 5. The average Bonchev–Trinajstić information content (AvgIpc) is 3.75. The lowest BCUT2D eigenvalue weighted by atomic mass is 9.99. The molecule has 2 aliphatic heterocycles. The summed E-state index contributed by atoms with van der Waals surface area (Å²) in [5, 5.41) is 14.1. The van der Waals surface area contributed by atoms with Gasteiger partial charge in [0, 0.05) is 38.3 Å². The van der Waals surface area contributed by atoms with E-state index in [-0.39, 0.29) is 24.4 Å². The van der Waals surface area contributed by atoms with E-state index in [0.29, 0.717) is 5.56 Å². The van der Waals surface area contributed by atoms with Crippen LogP contribution in [0.1, 0.15) is 65.8 Å². The molecule has 1 saturated carbocycles. The van der Waals surface area contributed by atoms with Gasteiger partial charge in [-0.15, -0.1) is 5.10 Å². The van der Waals surface area contributed by atoms with Crippen LogP contribution in [0.3, 0.4) is 0 Å². The van der Waals surface area contributed by atoms with Crippen LogP contribution in [0.2, 0.25) is 0 Å². The van der Waals surface area contributed by atoms with Crippen LogP contribution in [0.5, 0.6) is 11.5 Å². The van der Waals surface area contributed by atoms with Crippen molar-refractivity contribution in [2.75, 3.05) is 33.0 Å². The Labute approximate surface area is 232 Å². The average molecular weight is 542 g/mol.